The number of nitrogens with one attached hydrogen (secondary N) is 1. The molecule has 1 unspecified atom stereocenters. The second kappa shape index (κ2) is 7.35. The van der Waals surface area contributed by atoms with Crippen molar-refractivity contribution in [1.82, 2.24) is 15.3 Å². The fourth-order valence-corrected chi connectivity index (χ4v) is 2.60. The predicted octanol–water partition coefficient (Wildman–Crippen LogP) is 4.17. The average molecular weight is 291 g/mol. The lowest BCUT2D eigenvalue weighted by molar-refractivity contribution is 0.411. The van der Waals surface area contributed by atoms with Crippen LogP contribution in [0.5, 0.6) is 0 Å². The third kappa shape index (κ3) is 6.13. The van der Waals surface area contributed by atoms with Gasteiger partial charge in [0.1, 0.15) is 5.82 Å². The Labute approximate surface area is 131 Å². The monoisotopic (exact) mass is 291 g/mol. The number of nitrogens with zero attached hydrogens (tertiary/aromatic N) is 2. The zero-order chi connectivity index (χ0) is 16.2. The minimum absolute atomic E-state index is 0.147. The van der Waals surface area contributed by atoms with E-state index in [2.05, 4.69) is 60.7 Å². The Hall–Kier alpha value is -0.960. The van der Waals surface area contributed by atoms with Crippen LogP contribution in [0.4, 0.5) is 0 Å². The molecule has 1 aromatic heterocycles. The Morgan fingerprint density at radius 2 is 1.52 bits per heavy atom. The molecule has 1 atom stereocenters. The Kier molecular flexibility index (Phi) is 6.33. The van der Waals surface area contributed by atoms with Crippen LogP contribution in [-0.4, -0.2) is 22.1 Å². The molecule has 1 rings (SSSR count). The topological polar surface area (TPSA) is 37.8 Å². The molecule has 21 heavy (non-hydrogen) atoms. The molecule has 0 radical (unpaired) electrons. The Morgan fingerprint density at radius 1 is 1.00 bits per heavy atom. The van der Waals surface area contributed by atoms with Crippen LogP contribution in [0.3, 0.4) is 0 Å². The summed E-state index contributed by atoms with van der Waals surface area (Å²) in [6.45, 7) is 18.5. The van der Waals surface area contributed by atoms with Gasteiger partial charge in [0.15, 0.2) is 0 Å². The molecular formula is C18H33N3. The summed E-state index contributed by atoms with van der Waals surface area (Å²) in [6, 6.07) is 0. The number of hydrogen-bond donors (Lipinski definition) is 1. The van der Waals surface area contributed by atoms with Gasteiger partial charge in [0.05, 0.1) is 0 Å². The van der Waals surface area contributed by atoms with Crippen molar-refractivity contribution in [1.29, 1.82) is 0 Å². The van der Waals surface area contributed by atoms with Crippen molar-refractivity contribution in [2.45, 2.75) is 79.7 Å². The van der Waals surface area contributed by atoms with E-state index in [1.807, 2.05) is 0 Å². The van der Waals surface area contributed by atoms with Gasteiger partial charge in [0.2, 0.25) is 0 Å². The van der Waals surface area contributed by atoms with Gasteiger partial charge in [0.25, 0.3) is 0 Å². The quantitative estimate of drug-likeness (QED) is 0.854. The van der Waals surface area contributed by atoms with Gasteiger partial charge in [-0.3, -0.25) is 0 Å². The van der Waals surface area contributed by atoms with Crippen LogP contribution in [0.1, 0.15) is 76.7 Å². The summed E-state index contributed by atoms with van der Waals surface area (Å²) < 4.78 is 0. The van der Waals surface area contributed by atoms with Crippen LogP contribution >= 0.6 is 0 Å². The van der Waals surface area contributed by atoms with E-state index in [-0.39, 0.29) is 5.54 Å². The van der Waals surface area contributed by atoms with E-state index in [1.54, 1.807) is 0 Å². The summed E-state index contributed by atoms with van der Waals surface area (Å²) in [7, 11) is 0. The summed E-state index contributed by atoms with van der Waals surface area (Å²) in [5.41, 5.74) is 3.74. The summed E-state index contributed by atoms with van der Waals surface area (Å²) in [4.78, 5) is 9.47. The summed E-state index contributed by atoms with van der Waals surface area (Å²) in [5.74, 6) is 2.13. The highest BCUT2D eigenvalue weighted by Crippen LogP contribution is 2.22. The van der Waals surface area contributed by atoms with E-state index in [0.717, 1.165) is 36.6 Å². The third-order valence-corrected chi connectivity index (χ3v) is 3.75. The van der Waals surface area contributed by atoms with Crippen LogP contribution in [0.25, 0.3) is 0 Å². The zero-order valence-corrected chi connectivity index (χ0v) is 15.2. The standard InChI is InChI=1S/C18H33N3/c1-12(2)9-10-16-20-14(4)17(15(5)21-16)13(3)11-19-18(6,7)8/h12-13,19H,9-11H2,1-8H3. The zero-order valence-electron chi connectivity index (χ0n) is 15.2. The molecule has 0 aromatic carbocycles. The van der Waals surface area contributed by atoms with Gasteiger partial charge >= 0.3 is 0 Å². The van der Waals surface area contributed by atoms with Gasteiger partial charge in [0, 0.05) is 29.9 Å². The molecule has 1 N–H and O–H groups in total. The number of aromatic nitrogens is 2. The summed E-state index contributed by atoms with van der Waals surface area (Å²) in [6.07, 6.45) is 2.13. The molecule has 0 aliphatic rings. The molecule has 0 aliphatic carbocycles. The van der Waals surface area contributed by atoms with E-state index >= 15 is 0 Å². The number of rotatable bonds is 6. The smallest absolute Gasteiger partial charge is 0.128 e. The van der Waals surface area contributed by atoms with Crippen LogP contribution in [-0.2, 0) is 6.42 Å². The van der Waals surface area contributed by atoms with Gasteiger partial charge in [-0.2, -0.15) is 0 Å². The molecule has 0 fully saturated rings. The number of aryl methyl sites for hydroxylation is 3. The van der Waals surface area contributed by atoms with E-state index < -0.39 is 0 Å². The van der Waals surface area contributed by atoms with Crippen molar-refractivity contribution < 1.29 is 0 Å². The maximum absolute atomic E-state index is 4.73. The first-order valence-corrected chi connectivity index (χ1v) is 8.19. The minimum Gasteiger partial charge on any atom is -0.311 e. The average Bonchev–Trinajstić information content (AvgIpc) is 2.32. The molecule has 0 spiro atoms. The SMILES string of the molecule is Cc1nc(CCC(C)C)nc(C)c1C(C)CNC(C)(C)C. The van der Waals surface area contributed by atoms with Crippen LogP contribution in [0.2, 0.25) is 0 Å². The van der Waals surface area contributed by atoms with Crippen molar-refractivity contribution in [3.8, 4) is 0 Å². The van der Waals surface area contributed by atoms with Crippen molar-refractivity contribution in [3.05, 3.63) is 22.8 Å². The number of hydrogen-bond acceptors (Lipinski definition) is 3. The second-order valence-electron chi connectivity index (χ2n) is 7.69. The first-order chi connectivity index (χ1) is 9.60. The van der Waals surface area contributed by atoms with E-state index in [0.29, 0.717) is 11.8 Å². The third-order valence-electron chi connectivity index (χ3n) is 3.75. The Morgan fingerprint density at radius 3 is 1.95 bits per heavy atom. The first-order valence-electron chi connectivity index (χ1n) is 8.19. The highest BCUT2D eigenvalue weighted by molar-refractivity contribution is 5.28. The molecule has 0 aliphatic heterocycles. The molecule has 0 saturated heterocycles. The van der Waals surface area contributed by atoms with Crippen LogP contribution < -0.4 is 5.32 Å². The molecule has 0 saturated carbocycles. The van der Waals surface area contributed by atoms with Gasteiger partial charge < -0.3 is 5.32 Å². The fourth-order valence-electron chi connectivity index (χ4n) is 2.60. The molecule has 120 valence electrons. The van der Waals surface area contributed by atoms with Gasteiger partial charge in [-0.1, -0.05) is 20.8 Å². The largest absolute Gasteiger partial charge is 0.311 e. The predicted molar refractivity (Wildman–Crippen MR) is 90.8 cm³/mol. The maximum atomic E-state index is 4.73. The molecule has 0 bridgehead atoms. The normalized spacial score (nSPS) is 13.8. The Bertz CT molecular complexity index is 435. The molecule has 3 nitrogen and oxygen atoms in total. The summed E-state index contributed by atoms with van der Waals surface area (Å²) in [5, 5.41) is 3.57. The van der Waals surface area contributed by atoms with Gasteiger partial charge in [-0.25, -0.2) is 9.97 Å². The fraction of sp³-hybridized carbons (Fsp3) is 0.778. The minimum atomic E-state index is 0.147. The summed E-state index contributed by atoms with van der Waals surface area (Å²) >= 11 is 0. The molecule has 3 heteroatoms. The maximum Gasteiger partial charge on any atom is 0.128 e. The van der Waals surface area contributed by atoms with E-state index in [1.165, 1.54) is 5.56 Å². The van der Waals surface area contributed by atoms with Crippen molar-refractivity contribution >= 4 is 0 Å². The van der Waals surface area contributed by atoms with Crippen molar-refractivity contribution in [3.63, 3.8) is 0 Å². The van der Waals surface area contributed by atoms with Crippen LogP contribution in [0, 0.1) is 19.8 Å². The Balaban J connectivity index is 2.83. The van der Waals surface area contributed by atoms with Crippen molar-refractivity contribution in [2.75, 3.05) is 6.54 Å². The lowest BCUT2D eigenvalue weighted by Crippen LogP contribution is -2.38. The molecular weight excluding hydrogens is 258 g/mol. The molecule has 1 heterocycles. The molecule has 0 amide bonds. The lowest BCUT2D eigenvalue weighted by Gasteiger charge is -2.25. The van der Waals surface area contributed by atoms with Gasteiger partial charge in [-0.05, 0) is 58.4 Å². The first kappa shape index (κ1) is 18.1. The van der Waals surface area contributed by atoms with Crippen molar-refractivity contribution in [2.24, 2.45) is 5.92 Å². The lowest BCUT2D eigenvalue weighted by atomic mass is 9.96. The second-order valence-corrected chi connectivity index (χ2v) is 7.69. The highest BCUT2D eigenvalue weighted by atomic mass is 15.0. The van der Waals surface area contributed by atoms with E-state index in [9.17, 15) is 0 Å². The van der Waals surface area contributed by atoms with Crippen LogP contribution in [0.15, 0.2) is 0 Å². The molecule has 1 aromatic rings. The van der Waals surface area contributed by atoms with Gasteiger partial charge in [-0.15, -0.1) is 0 Å². The van der Waals surface area contributed by atoms with E-state index in [4.69, 9.17) is 9.97 Å². The highest BCUT2D eigenvalue weighted by Gasteiger charge is 2.17.